The fourth-order valence-corrected chi connectivity index (χ4v) is 1.70. The minimum absolute atomic E-state index is 0.0889. The fraction of sp³-hybridized carbons (Fsp3) is 0. The highest BCUT2D eigenvalue weighted by Crippen LogP contribution is 2.34. The van der Waals surface area contributed by atoms with Gasteiger partial charge in [-0.15, -0.1) is 0 Å². The maximum absolute atomic E-state index is 10.9. The number of carbonyl (C=O) groups is 1. The smallest absolute Gasteiger partial charge is 0.284 e. The predicted molar refractivity (Wildman–Crippen MR) is 62.7 cm³/mol. The molecule has 0 unspecified atom stereocenters. The van der Waals surface area contributed by atoms with Crippen LogP contribution in [0.3, 0.4) is 0 Å². The van der Waals surface area contributed by atoms with Crippen LogP contribution in [0.2, 0.25) is 10.0 Å². The van der Waals surface area contributed by atoms with Crippen LogP contribution in [0.25, 0.3) is 11.3 Å². The molecule has 0 bridgehead atoms. The summed E-state index contributed by atoms with van der Waals surface area (Å²) in [5, 5.41) is 0.811. The first-order valence-electron chi connectivity index (χ1n) is 4.43. The predicted octanol–water partition coefficient (Wildman–Crippen LogP) is 3.35. The number of benzene rings is 1. The van der Waals surface area contributed by atoms with Crippen LogP contribution in [0.15, 0.2) is 34.7 Å². The average molecular weight is 256 g/mol. The second kappa shape index (κ2) is 4.20. The Morgan fingerprint density at radius 2 is 1.94 bits per heavy atom. The van der Waals surface area contributed by atoms with Gasteiger partial charge in [0.05, 0.1) is 10.0 Å². The Bertz CT molecular complexity index is 549. The third-order valence-corrected chi connectivity index (χ3v) is 2.88. The number of furan rings is 1. The van der Waals surface area contributed by atoms with E-state index in [0.717, 1.165) is 0 Å². The number of rotatable bonds is 2. The van der Waals surface area contributed by atoms with Gasteiger partial charge in [0.15, 0.2) is 5.76 Å². The van der Waals surface area contributed by atoms with E-state index < -0.39 is 5.91 Å². The van der Waals surface area contributed by atoms with Crippen LogP contribution in [0.5, 0.6) is 0 Å². The molecule has 0 aliphatic rings. The Morgan fingerprint density at radius 3 is 2.56 bits per heavy atom. The van der Waals surface area contributed by atoms with Gasteiger partial charge < -0.3 is 10.2 Å². The molecule has 1 heterocycles. The van der Waals surface area contributed by atoms with Gasteiger partial charge in [0.2, 0.25) is 0 Å². The zero-order chi connectivity index (χ0) is 11.7. The first-order valence-corrected chi connectivity index (χ1v) is 5.19. The van der Waals surface area contributed by atoms with Gasteiger partial charge in [-0.25, -0.2) is 0 Å². The van der Waals surface area contributed by atoms with Crippen LogP contribution < -0.4 is 5.73 Å². The molecular formula is C11H7Cl2NO2. The lowest BCUT2D eigenvalue weighted by molar-refractivity contribution is 0.0974. The zero-order valence-electron chi connectivity index (χ0n) is 8.04. The summed E-state index contributed by atoms with van der Waals surface area (Å²) in [6.07, 6.45) is 0. The normalized spacial score (nSPS) is 10.4. The molecule has 0 saturated carbocycles. The molecule has 82 valence electrons. The Hall–Kier alpha value is -1.45. The van der Waals surface area contributed by atoms with Gasteiger partial charge in [-0.05, 0) is 24.3 Å². The van der Waals surface area contributed by atoms with E-state index in [0.29, 0.717) is 21.4 Å². The van der Waals surface area contributed by atoms with E-state index in [9.17, 15) is 4.79 Å². The molecule has 16 heavy (non-hydrogen) atoms. The minimum Gasteiger partial charge on any atom is -0.451 e. The number of halogens is 2. The molecule has 2 N–H and O–H groups in total. The van der Waals surface area contributed by atoms with E-state index in [-0.39, 0.29) is 5.76 Å². The van der Waals surface area contributed by atoms with E-state index in [4.69, 9.17) is 33.4 Å². The second-order valence-corrected chi connectivity index (χ2v) is 3.91. The molecular weight excluding hydrogens is 249 g/mol. The molecule has 5 heteroatoms. The molecule has 0 atom stereocenters. The number of carbonyl (C=O) groups excluding carboxylic acids is 1. The largest absolute Gasteiger partial charge is 0.451 e. The minimum atomic E-state index is -0.621. The van der Waals surface area contributed by atoms with Gasteiger partial charge in [0.1, 0.15) is 5.76 Å². The van der Waals surface area contributed by atoms with E-state index >= 15 is 0 Å². The van der Waals surface area contributed by atoms with Crippen molar-refractivity contribution < 1.29 is 9.21 Å². The van der Waals surface area contributed by atoms with E-state index in [1.807, 2.05) is 0 Å². The van der Waals surface area contributed by atoms with E-state index in [2.05, 4.69) is 0 Å². The Balaban J connectivity index is 2.50. The first kappa shape index (κ1) is 11.0. The average Bonchev–Trinajstić information content (AvgIpc) is 2.71. The van der Waals surface area contributed by atoms with Crippen molar-refractivity contribution in [2.45, 2.75) is 0 Å². The quantitative estimate of drug-likeness (QED) is 0.895. The maximum atomic E-state index is 10.9. The van der Waals surface area contributed by atoms with Crippen LogP contribution in [0, 0.1) is 0 Å². The number of primary amides is 1. The van der Waals surface area contributed by atoms with Gasteiger partial charge in [-0.3, -0.25) is 4.79 Å². The Morgan fingerprint density at radius 1 is 1.19 bits per heavy atom. The summed E-state index contributed by atoms with van der Waals surface area (Å²) in [4.78, 5) is 10.9. The summed E-state index contributed by atoms with van der Waals surface area (Å²) >= 11 is 11.9. The molecule has 1 aromatic heterocycles. The van der Waals surface area contributed by atoms with Crippen molar-refractivity contribution in [3.05, 3.63) is 46.1 Å². The molecule has 1 aromatic carbocycles. The van der Waals surface area contributed by atoms with Gasteiger partial charge in [0.25, 0.3) is 5.91 Å². The third-order valence-electron chi connectivity index (χ3n) is 2.07. The van der Waals surface area contributed by atoms with Crippen LogP contribution in [-0.2, 0) is 0 Å². The summed E-state index contributed by atoms with van der Waals surface area (Å²) in [6, 6.07) is 8.28. The Labute approximate surface area is 102 Å². The zero-order valence-corrected chi connectivity index (χ0v) is 9.55. The molecule has 0 radical (unpaired) electrons. The SMILES string of the molecule is NC(=O)c1ccc(-c2cccc(Cl)c2Cl)o1. The summed E-state index contributed by atoms with van der Waals surface area (Å²) in [5.74, 6) is -0.0725. The monoisotopic (exact) mass is 255 g/mol. The van der Waals surface area contributed by atoms with Crippen molar-refractivity contribution in [1.82, 2.24) is 0 Å². The Kier molecular flexibility index (Phi) is 2.90. The molecule has 0 fully saturated rings. The van der Waals surface area contributed by atoms with Crippen molar-refractivity contribution in [2.24, 2.45) is 5.73 Å². The molecule has 0 spiro atoms. The maximum Gasteiger partial charge on any atom is 0.284 e. The lowest BCUT2D eigenvalue weighted by Gasteiger charge is -2.01. The van der Waals surface area contributed by atoms with Crippen LogP contribution in [0.1, 0.15) is 10.6 Å². The fourth-order valence-electron chi connectivity index (χ4n) is 1.31. The number of nitrogens with two attached hydrogens (primary N) is 1. The summed E-state index contributed by atoms with van der Waals surface area (Å²) < 4.78 is 5.25. The van der Waals surface area contributed by atoms with Gasteiger partial charge in [-0.2, -0.15) is 0 Å². The summed E-state index contributed by atoms with van der Waals surface area (Å²) in [5.41, 5.74) is 5.71. The van der Waals surface area contributed by atoms with Crippen molar-refractivity contribution in [3.63, 3.8) is 0 Å². The molecule has 1 amide bonds. The molecule has 0 aliphatic carbocycles. The highest BCUT2D eigenvalue weighted by molar-refractivity contribution is 6.43. The van der Waals surface area contributed by atoms with Crippen LogP contribution in [-0.4, -0.2) is 5.91 Å². The molecule has 0 aliphatic heterocycles. The lowest BCUT2D eigenvalue weighted by Crippen LogP contribution is -2.09. The van der Waals surface area contributed by atoms with Crippen molar-refractivity contribution >= 4 is 29.1 Å². The molecule has 0 saturated heterocycles. The van der Waals surface area contributed by atoms with E-state index in [1.54, 1.807) is 24.3 Å². The van der Waals surface area contributed by atoms with Crippen LogP contribution in [0.4, 0.5) is 0 Å². The first-order chi connectivity index (χ1) is 7.59. The molecule has 3 nitrogen and oxygen atoms in total. The molecule has 2 rings (SSSR count). The highest BCUT2D eigenvalue weighted by Gasteiger charge is 2.12. The van der Waals surface area contributed by atoms with E-state index in [1.165, 1.54) is 6.07 Å². The topological polar surface area (TPSA) is 56.2 Å². The van der Waals surface area contributed by atoms with Gasteiger partial charge in [-0.1, -0.05) is 29.3 Å². The van der Waals surface area contributed by atoms with Crippen molar-refractivity contribution in [3.8, 4) is 11.3 Å². The lowest BCUT2D eigenvalue weighted by atomic mass is 10.2. The second-order valence-electron chi connectivity index (χ2n) is 3.13. The van der Waals surface area contributed by atoms with Gasteiger partial charge in [0, 0.05) is 5.56 Å². The van der Waals surface area contributed by atoms with Crippen LogP contribution >= 0.6 is 23.2 Å². The van der Waals surface area contributed by atoms with Gasteiger partial charge >= 0.3 is 0 Å². The highest BCUT2D eigenvalue weighted by atomic mass is 35.5. The summed E-state index contributed by atoms with van der Waals surface area (Å²) in [6.45, 7) is 0. The standard InChI is InChI=1S/C11H7Cl2NO2/c12-7-3-1-2-6(10(7)13)8-4-5-9(16-8)11(14)15/h1-5H,(H2,14,15). The van der Waals surface area contributed by atoms with Crippen molar-refractivity contribution in [1.29, 1.82) is 0 Å². The third kappa shape index (κ3) is 1.92. The number of hydrogen-bond acceptors (Lipinski definition) is 2. The number of hydrogen-bond donors (Lipinski definition) is 1. The summed E-state index contributed by atoms with van der Waals surface area (Å²) in [7, 11) is 0. The number of amides is 1. The van der Waals surface area contributed by atoms with Crippen molar-refractivity contribution in [2.75, 3.05) is 0 Å². The molecule has 2 aromatic rings.